The number of carbonyl (C=O) groups excluding carboxylic acids is 1. The molecule has 1 atom stereocenters. The number of aromatic nitrogens is 1. The van der Waals surface area contributed by atoms with Crippen LogP contribution in [0.1, 0.15) is 17.7 Å². The lowest BCUT2D eigenvalue weighted by atomic mass is 9.85. The molecule has 0 radical (unpaired) electrons. The molecule has 2 aliphatic rings. The second-order valence-corrected chi connectivity index (χ2v) is 7.15. The monoisotopic (exact) mass is 380 g/mol. The molecule has 1 aliphatic carbocycles. The van der Waals surface area contributed by atoms with Gasteiger partial charge in [0, 0.05) is 35.3 Å². The number of carbonyl (C=O) groups is 2. The van der Waals surface area contributed by atoms with Crippen molar-refractivity contribution in [2.45, 2.75) is 25.8 Å². The van der Waals surface area contributed by atoms with Gasteiger partial charge in [-0.25, -0.2) is 4.39 Å². The number of fused-ring (bicyclic) bond motifs is 3. The van der Waals surface area contributed by atoms with Crippen LogP contribution in [-0.2, 0) is 29.0 Å². The zero-order valence-corrected chi connectivity index (χ0v) is 15.3. The van der Waals surface area contributed by atoms with Crippen LogP contribution in [0.3, 0.4) is 0 Å². The fourth-order valence-electron chi connectivity index (χ4n) is 4.14. The highest BCUT2D eigenvalue weighted by molar-refractivity contribution is 5.89. The number of rotatable bonds is 3. The maximum atomic E-state index is 13.9. The summed E-state index contributed by atoms with van der Waals surface area (Å²) < 4.78 is 15.6. The van der Waals surface area contributed by atoms with E-state index >= 15 is 0 Å². The molecule has 5 nitrogen and oxygen atoms in total. The van der Waals surface area contributed by atoms with Gasteiger partial charge in [-0.2, -0.15) is 0 Å². The van der Waals surface area contributed by atoms with E-state index < -0.39 is 5.97 Å². The average molecular weight is 380 g/mol. The van der Waals surface area contributed by atoms with Crippen LogP contribution in [0.15, 0.2) is 54.8 Å². The van der Waals surface area contributed by atoms with Gasteiger partial charge in [0.25, 0.3) is 0 Å². The van der Waals surface area contributed by atoms with Crippen molar-refractivity contribution >= 4 is 22.8 Å². The molecule has 1 aliphatic heterocycles. The topological polar surface area (TPSA) is 62.5 Å². The van der Waals surface area contributed by atoms with E-state index in [1.807, 2.05) is 30.4 Å². The largest absolute Gasteiger partial charge is 0.480 e. The van der Waals surface area contributed by atoms with E-state index in [9.17, 15) is 19.1 Å². The molecule has 1 aromatic carbocycles. The van der Waals surface area contributed by atoms with Gasteiger partial charge in [0.05, 0.1) is 0 Å². The quantitative estimate of drug-likeness (QED) is 0.887. The summed E-state index contributed by atoms with van der Waals surface area (Å²) in [6.07, 6.45) is 13.0. The Bertz CT molecular complexity index is 1030. The summed E-state index contributed by atoms with van der Waals surface area (Å²) in [4.78, 5) is 26.1. The third-order valence-electron chi connectivity index (χ3n) is 5.39. The van der Waals surface area contributed by atoms with Gasteiger partial charge in [0.15, 0.2) is 0 Å². The van der Waals surface area contributed by atoms with Crippen molar-refractivity contribution in [3.63, 3.8) is 0 Å². The van der Waals surface area contributed by atoms with E-state index in [1.54, 1.807) is 21.7 Å². The second-order valence-electron chi connectivity index (χ2n) is 7.15. The minimum absolute atomic E-state index is 0.0392. The van der Waals surface area contributed by atoms with Crippen molar-refractivity contribution in [3.05, 3.63) is 71.9 Å². The summed E-state index contributed by atoms with van der Waals surface area (Å²) in [5, 5.41) is 9.99. The lowest BCUT2D eigenvalue weighted by molar-refractivity contribution is -0.137. The van der Waals surface area contributed by atoms with Crippen LogP contribution < -0.4 is 0 Å². The average Bonchev–Trinajstić information content (AvgIpc) is 2.93. The standard InChI is InChI=1S/C22H21FN2O3/c23-16-7-9-20-18(13-16)17-12-15(6-8-19(17)25(20)14-21(26)27)22(28)24-10-4-2-1-3-5-11-24/h1-5,7,9-10,13,15H,6,8,11-12,14H2,(H,26,27). The first kappa shape index (κ1) is 18.2. The molecule has 28 heavy (non-hydrogen) atoms. The number of nitrogens with zero attached hydrogens (tertiary/aromatic N) is 2. The number of amides is 1. The van der Waals surface area contributed by atoms with Gasteiger partial charge < -0.3 is 14.6 Å². The highest BCUT2D eigenvalue weighted by atomic mass is 19.1. The van der Waals surface area contributed by atoms with Crippen LogP contribution in [0, 0.1) is 11.7 Å². The number of benzene rings is 1. The molecule has 6 heteroatoms. The van der Waals surface area contributed by atoms with E-state index in [0.29, 0.717) is 36.7 Å². The minimum atomic E-state index is -0.937. The Morgan fingerprint density at radius 1 is 1.18 bits per heavy atom. The fraction of sp³-hybridized carbons (Fsp3) is 0.273. The van der Waals surface area contributed by atoms with Crippen LogP contribution in [0.2, 0.25) is 0 Å². The number of carboxylic acid groups (broad SMARTS) is 1. The zero-order valence-electron chi connectivity index (χ0n) is 15.3. The normalized spacial score (nSPS) is 18.8. The third-order valence-corrected chi connectivity index (χ3v) is 5.39. The smallest absolute Gasteiger partial charge is 0.323 e. The fourth-order valence-corrected chi connectivity index (χ4v) is 4.14. The molecule has 0 spiro atoms. The van der Waals surface area contributed by atoms with E-state index in [0.717, 1.165) is 11.3 Å². The Morgan fingerprint density at radius 3 is 2.82 bits per heavy atom. The maximum Gasteiger partial charge on any atom is 0.323 e. The molecule has 2 aromatic rings. The van der Waals surface area contributed by atoms with E-state index in [2.05, 4.69) is 0 Å². The van der Waals surface area contributed by atoms with Crippen LogP contribution in [-0.4, -0.2) is 33.0 Å². The third kappa shape index (κ3) is 3.38. The molecule has 144 valence electrons. The molecule has 0 saturated carbocycles. The summed E-state index contributed by atoms with van der Waals surface area (Å²) in [5.74, 6) is -1.47. The second kappa shape index (κ2) is 7.46. The number of aliphatic carboxylic acids is 1. The van der Waals surface area contributed by atoms with Crippen molar-refractivity contribution < 1.29 is 19.1 Å². The maximum absolute atomic E-state index is 13.9. The molecule has 1 amide bonds. The number of carboxylic acids is 1. The van der Waals surface area contributed by atoms with Gasteiger partial charge in [-0.05, 0) is 49.1 Å². The lowest BCUT2D eigenvalue weighted by Crippen LogP contribution is -2.35. The first-order chi connectivity index (χ1) is 13.5. The first-order valence-corrected chi connectivity index (χ1v) is 9.36. The van der Waals surface area contributed by atoms with Crippen LogP contribution >= 0.6 is 0 Å². The minimum Gasteiger partial charge on any atom is -0.480 e. The first-order valence-electron chi connectivity index (χ1n) is 9.36. The van der Waals surface area contributed by atoms with Crippen LogP contribution in [0.4, 0.5) is 4.39 Å². The molecule has 1 N–H and O–H groups in total. The Kier molecular flexibility index (Phi) is 4.86. The number of hydrogen-bond acceptors (Lipinski definition) is 2. The molecule has 1 aromatic heterocycles. The van der Waals surface area contributed by atoms with Gasteiger partial charge in [-0.3, -0.25) is 9.59 Å². The van der Waals surface area contributed by atoms with Gasteiger partial charge in [-0.15, -0.1) is 0 Å². The Morgan fingerprint density at radius 2 is 2.00 bits per heavy atom. The van der Waals surface area contributed by atoms with Crippen molar-refractivity contribution in [2.24, 2.45) is 5.92 Å². The molecule has 0 saturated heterocycles. The van der Waals surface area contributed by atoms with E-state index in [1.165, 1.54) is 12.1 Å². The zero-order chi connectivity index (χ0) is 19.7. The molecular formula is C22H21FN2O3. The van der Waals surface area contributed by atoms with Crippen LogP contribution in [0.25, 0.3) is 10.9 Å². The molecular weight excluding hydrogens is 359 g/mol. The van der Waals surface area contributed by atoms with Crippen LogP contribution in [0.5, 0.6) is 0 Å². The number of allylic oxidation sites excluding steroid dienone is 4. The van der Waals surface area contributed by atoms with Crippen molar-refractivity contribution in [2.75, 3.05) is 6.54 Å². The van der Waals surface area contributed by atoms with Crippen molar-refractivity contribution in [1.29, 1.82) is 0 Å². The van der Waals surface area contributed by atoms with E-state index in [-0.39, 0.29) is 24.2 Å². The highest BCUT2D eigenvalue weighted by Gasteiger charge is 2.31. The highest BCUT2D eigenvalue weighted by Crippen LogP contribution is 2.35. The number of halogens is 1. The van der Waals surface area contributed by atoms with Gasteiger partial charge in [-0.1, -0.05) is 24.3 Å². The Hall–Kier alpha value is -3.15. The molecule has 4 rings (SSSR count). The van der Waals surface area contributed by atoms with Crippen molar-refractivity contribution in [3.8, 4) is 0 Å². The van der Waals surface area contributed by atoms with Gasteiger partial charge >= 0.3 is 5.97 Å². The van der Waals surface area contributed by atoms with Crippen molar-refractivity contribution in [1.82, 2.24) is 9.47 Å². The summed E-state index contributed by atoms with van der Waals surface area (Å²) in [7, 11) is 0. The van der Waals surface area contributed by atoms with Gasteiger partial charge in [0.2, 0.25) is 5.91 Å². The molecule has 0 bridgehead atoms. The summed E-state index contributed by atoms with van der Waals surface area (Å²) >= 11 is 0. The predicted octanol–water partition coefficient (Wildman–Crippen LogP) is 3.44. The summed E-state index contributed by atoms with van der Waals surface area (Å²) in [6, 6.07) is 4.42. The predicted molar refractivity (Wildman–Crippen MR) is 104 cm³/mol. The molecule has 2 heterocycles. The SMILES string of the molecule is O=C(O)Cn1c2c(c3cc(F)ccc31)CC(C(=O)N1C=CC=CC=CC1)CC2. The Balaban J connectivity index is 1.69. The summed E-state index contributed by atoms with van der Waals surface area (Å²) in [6.45, 7) is 0.348. The summed E-state index contributed by atoms with van der Waals surface area (Å²) in [5.41, 5.74) is 2.51. The molecule has 0 fully saturated rings. The lowest BCUT2D eigenvalue weighted by Gasteiger charge is -2.27. The van der Waals surface area contributed by atoms with Gasteiger partial charge in [0.1, 0.15) is 12.4 Å². The number of hydrogen-bond donors (Lipinski definition) is 1. The Labute approximate surface area is 162 Å². The van der Waals surface area contributed by atoms with E-state index in [4.69, 9.17) is 0 Å². The molecule has 1 unspecified atom stereocenters.